The minimum absolute atomic E-state index is 0.355. The van der Waals surface area contributed by atoms with Crippen molar-refractivity contribution in [1.29, 1.82) is 0 Å². The second-order valence-corrected chi connectivity index (χ2v) is 4.21. The summed E-state index contributed by atoms with van der Waals surface area (Å²) in [5.41, 5.74) is 2.22. The number of carbonyl (C=O) groups is 2. The van der Waals surface area contributed by atoms with E-state index in [1.807, 2.05) is 12.4 Å². The lowest BCUT2D eigenvalue weighted by Gasteiger charge is -2.30. The molecule has 2 unspecified atom stereocenters. The molecule has 5 heteroatoms. The molecule has 0 spiro atoms. The first kappa shape index (κ1) is 11.7. The maximum atomic E-state index is 11.0. The molecule has 1 aromatic heterocycles. The summed E-state index contributed by atoms with van der Waals surface area (Å²) in [6, 6.07) is 0. The molecule has 0 fully saturated rings. The molecule has 0 radical (unpaired) electrons. The first-order valence-electron chi connectivity index (χ1n) is 5.55. The van der Waals surface area contributed by atoms with Crippen LogP contribution in [0.1, 0.15) is 25.0 Å². The molecule has 2 rings (SSSR count). The number of ether oxygens (including phenoxy) is 2. The zero-order valence-corrected chi connectivity index (χ0v) is 9.86. The van der Waals surface area contributed by atoms with Crippen LogP contribution in [0.5, 0.6) is 0 Å². The van der Waals surface area contributed by atoms with Crippen molar-refractivity contribution in [2.75, 3.05) is 0 Å². The molecule has 0 aromatic carbocycles. The first-order valence-corrected chi connectivity index (χ1v) is 5.55. The van der Waals surface area contributed by atoms with Gasteiger partial charge in [0.1, 0.15) is 12.2 Å². The van der Waals surface area contributed by atoms with E-state index in [2.05, 4.69) is 4.98 Å². The minimum atomic E-state index is -0.389. The maximum Gasteiger partial charge on any atom is 0.303 e. The molecule has 0 bridgehead atoms. The average Bonchev–Trinajstić information content (AvgIpc) is 2.63. The van der Waals surface area contributed by atoms with Crippen LogP contribution in [0.2, 0.25) is 0 Å². The summed E-state index contributed by atoms with van der Waals surface area (Å²) >= 11 is 0. The van der Waals surface area contributed by atoms with E-state index in [1.54, 1.807) is 0 Å². The number of aromatic amines is 1. The van der Waals surface area contributed by atoms with Crippen LogP contribution in [0.25, 0.3) is 0 Å². The van der Waals surface area contributed by atoms with Crippen molar-refractivity contribution in [1.82, 2.24) is 4.98 Å². The number of carbonyl (C=O) groups excluding carboxylic acids is 2. The third kappa shape index (κ3) is 2.67. The third-order valence-corrected chi connectivity index (χ3v) is 2.82. The van der Waals surface area contributed by atoms with Crippen molar-refractivity contribution >= 4 is 11.9 Å². The Morgan fingerprint density at radius 1 is 1.06 bits per heavy atom. The Balaban J connectivity index is 2.16. The maximum absolute atomic E-state index is 11.0. The van der Waals surface area contributed by atoms with Crippen molar-refractivity contribution < 1.29 is 19.1 Å². The van der Waals surface area contributed by atoms with E-state index in [0.717, 1.165) is 11.1 Å². The smallest absolute Gasteiger partial charge is 0.303 e. The normalized spacial score (nSPS) is 22.7. The Morgan fingerprint density at radius 2 is 1.47 bits per heavy atom. The molecule has 0 amide bonds. The number of H-pyrrole nitrogens is 1. The van der Waals surface area contributed by atoms with E-state index in [1.165, 1.54) is 13.8 Å². The van der Waals surface area contributed by atoms with Gasteiger partial charge in [-0.25, -0.2) is 0 Å². The van der Waals surface area contributed by atoms with Gasteiger partial charge >= 0.3 is 11.9 Å². The Morgan fingerprint density at radius 3 is 1.82 bits per heavy atom. The van der Waals surface area contributed by atoms with E-state index in [4.69, 9.17) is 9.47 Å². The molecule has 0 aliphatic heterocycles. The standard InChI is InChI=1S/C12H15NO4/c1-7(14)16-11-3-9-5-13-6-10(9)4-12(11)17-8(2)15/h5-6,11-13H,3-4H2,1-2H3. The van der Waals surface area contributed by atoms with E-state index in [-0.39, 0.29) is 24.1 Å². The van der Waals surface area contributed by atoms with Crippen LogP contribution < -0.4 is 0 Å². The highest BCUT2D eigenvalue weighted by Crippen LogP contribution is 2.25. The zero-order chi connectivity index (χ0) is 12.4. The lowest BCUT2D eigenvalue weighted by atomic mass is 9.90. The summed E-state index contributed by atoms with van der Waals surface area (Å²) in [7, 11) is 0. The predicted molar refractivity (Wildman–Crippen MR) is 59.3 cm³/mol. The Labute approximate surface area is 99.1 Å². The monoisotopic (exact) mass is 237 g/mol. The van der Waals surface area contributed by atoms with Crippen molar-refractivity contribution in [2.24, 2.45) is 0 Å². The topological polar surface area (TPSA) is 68.4 Å². The number of fused-ring (bicyclic) bond motifs is 1. The summed E-state index contributed by atoms with van der Waals surface area (Å²) in [6.07, 6.45) is 4.15. The summed E-state index contributed by atoms with van der Waals surface area (Å²) < 4.78 is 10.4. The van der Waals surface area contributed by atoms with Crippen molar-refractivity contribution in [3.8, 4) is 0 Å². The summed E-state index contributed by atoms with van der Waals surface area (Å²) in [4.78, 5) is 25.1. The van der Waals surface area contributed by atoms with Crippen LogP contribution >= 0.6 is 0 Å². The van der Waals surface area contributed by atoms with Gasteiger partial charge in [0, 0.05) is 39.1 Å². The first-order chi connectivity index (χ1) is 8.06. The highest BCUT2D eigenvalue weighted by atomic mass is 16.6. The number of aromatic nitrogens is 1. The second kappa shape index (κ2) is 4.61. The SMILES string of the molecule is CC(=O)OC1Cc2c[nH]cc2CC1OC(C)=O. The molecule has 92 valence electrons. The third-order valence-electron chi connectivity index (χ3n) is 2.82. The van der Waals surface area contributed by atoms with Crippen LogP contribution in [-0.4, -0.2) is 29.1 Å². The fourth-order valence-electron chi connectivity index (χ4n) is 2.17. The lowest BCUT2D eigenvalue weighted by Crippen LogP contribution is -2.40. The summed E-state index contributed by atoms with van der Waals surface area (Å²) in [5, 5.41) is 0. The van der Waals surface area contributed by atoms with E-state index < -0.39 is 0 Å². The Bertz CT molecular complexity index is 399. The van der Waals surface area contributed by atoms with E-state index in [9.17, 15) is 9.59 Å². The van der Waals surface area contributed by atoms with Gasteiger partial charge in [-0.2, -0.15) is 0 Å². The molecular formula is C12H15NO4. The molecule has 1 aromatic rings. The van der Waals surface area contributed by atoms with E-state index in [0.29, 0.717) is 12.8 Å². The van der Waals surface area contributed by atoms with Crippen LogP contribution in [0, 0.1) is 0 Å². The highest BCUT2D eigenvalue weighted by Gasteiger charge is 2.33. The molecule has 2 atom stereocenters. The van der Waals surface area contributed by atoms with Crippen LogP contribution in [0.3, 0.4) is 0 Å². The van der Waals surface area contributed by atoms with Gasteiger partial charge in [0.25, 0.3) is 0 Å². The van der Waals surface area contributed by atoms with Crippen molar-refractivity contribution in [3.63, 3.8) is 0 Å². The summed E-state index contributed by atoms with van der Waals surface area (Å²) in [5.74, 6) is -0.711. The molecule has 5 nitrogen and oxygen atoms in total. The van der Waals surface area contributed by atoms with Gasteiger partial charge in [-0.3, -0.25) is 9.59 Å². The van der Waals surface area contributed by atoms with Gasteiger partial charge in [0.15, 0.2) is 0 Å². The number of nitrogens with one attached hydrogen (secondary N) is 1. The van der Waals surface area contributed by atoms with Gasteiger partial charge in [0.2, 0.25) is 0 Å². The largest absolute Gasteiger partial charge is 0.458 e. The number of esters is 2. The molecule has 0 saturated carbocycles. The van der Waals surface area contributed by atoms with Crippen LogP contribution in [0.15, 0.2) is 12.4 Å². The quantitative estimate of drug-likeness (QED) is 0.778. The van der Waals surface area contributed by atoms with Gasteiger partial charge in [-0.05, 0) is 11.1 Å². The van der Waals surface area contributed by atoms with E-state index >= 15 is 0 Å². The molecule has 1 N–H and O–H groups in total. The molecular weight excluding hydrogens is 222 g/mol. The number of hydrogen-bond donors (Lipinski definition) is 1. The molecule has 0 saturated heterocycles. The fraction of sp³-hybridized carbons (Fsp3) is 0.500. The number of hydrogen-bond acceptors (Lipinski definition) is 4. The molecule has 1 heterocycles. The molecule has 1 aliphatic carbocycles. The van der Waals surface area contributed by atoms with Gasteiger partial charge in [0.05, 0.1) is 0 Å². The predicted octanol–water partition coefficient (Wildman–Crippen LogP) is 0.977. The molecule has 17 heavy (non-hydrogen) atoms. The average molecular weight is 237 g/mol. The minimum Gasteiger partial charge on any atom is -0.458 e. The van der Waals surface area contributed by atoms with Crippen molar-refractivity contribution in [3.05, 3.63) is 23.5 Å². The highest BCUT2D eigenvalue weighted by molar-refractivity contribution is 5.67. The second-order valence-electron chi connectivity index (χ2n) is 4.21. The number of rotatable bonds is 2. The van der Waals surface area contributed by atoms with Gasteiger partial charge in [-0.15, -0.1) is 0 Å². The van der Waals surface area contributed by atoms with Crippen LogP contribution in [0.4, 0.5) is 0 Å². The molecule has 1 aliphatic rings. The Hall–Kier alpha value is -1.78. The van der Waals surface area contributed by atoms with Gasteiger partial charge < -0.3 is 14.5 Å². The summed E-state index contributed by atoms with van der Waals surface area (Å²) in [6.45, 7) is 2.72. The van der Waals surface area contributed by atoms with Crippen molar-refractivity contribution in [2.45, 2.75) is 38.9 Å². The van der Waals surface area contributed by atoms with Gasteiger partial charge in [-0.1, -0.05) is 0 Å². The Kier molecular flexibility index (Phi) is 3.17. The lowest BCUT2D eigenvalue weighted by molar-refractivity contribution is -0.165. The van der Waals surface area contributed by atoms with Crippen LogP contribution in [-0.2, 0) is 31.9 Å². The fourth-order valence-corrected chi connectivity index (χ4v) is 2.17. The zero-order valence-electron chi connectivity index (χ0n) is 9.86.